The van der Waals surface area contributed by atoms with Gasteiger partial charge in [-0.1, -0.05) is 17.7 Å². The lowest BCUT2D eigenvalue weighted by Gasteiger charge is -2.12. The molecule has 2 rings (SSSR count). The van der Waals surface area contributed by atoms with Crippen molar-refractivity contribution in [3.63, 3.8) is 0 Å². The van der Waals surface area contributed by atoms with Crippen LogP contribution in [-0.2, 0) is 10.0 Å². The summed E-state index contributed by atoms with van der Waals surface area (Å²) in [7, 11) is -4.20. The average Bonchev–Trinajstić information content (AvgIpc) is 2.40. The molecule has 2 N–H and O–H groups in total. The summed E-state index contributed by atoms with van der Waals surface area (Å²) in [5.74, 6) is -2.19. The van der Waals surface area contributed by atoms with Gasteiger partial charge < -0.3 is 5.11 Å². The SMILES string of the molecule is Cc1ccc(C(=O)O)cc1NS(=O)(=O)c1ccc(Cl)cc1F. The molecule has 2 aromatic carbocycles. The van der Waals surface area contributed by atoms with Crippen LogP contribution >= 0.6 is 11.6 Å². The third-order valence-electron chi connectivity index (χ3n) is 2.91. The van der Waals surface area contributed by atoms with Crippen molar-refractivity contribution in [3.8, 4) is 0 Å². The number of carboxylic acid groups (broad SMARTS) is 1. The fraction of sp³-hybridized carbons (Fsp3) is 0.0714. The Hall–Kier alpha value is -2.12. The first-order chi connectivity index (χ1) is 10.2. The van der Waals surface area contributed by atoms with Gasteiger partial charge in [0.05, 0.1) is 11.3 Å². The Balaban J connectivity index is 2.45. The molecular formula is C14H11ClFNO4S. The fourth-order valence-corrected chi connectivity index (χ4v) is 3.10. The van der Waals surface area contributed by atoms with Crippen LogP contribution in [-0.4, -0.2) is 19.5 Å². The lowest BCUT2D eigenvalue weighted by molar-refractivity contribution is 0.0697. The largest absolute Gasteiger partial charge is 0.478 e. The van der Waals surface area contributed by atoms with Crippen molar-refractivity contribution in [2.75, 3.05) is 4.72 Å². The molecule has 0 atom stereocenters. The van der Waals surface area contributed by atoms with Crippen LogP contribution in [0.3, 0.4) is 0 Å². The number of hydrogen-bond acceptors (Lipinski definition) is 3. The third kappa shape index (κ3) is 3.37. The molecule has 0 aliphatic heterocycles. The van der Waals surface area contributed by atoms with Crippen molar-refractivity contribution in [2.45, 2.75) is 11.8 Å². The molecule has 0 aliphatic rings. The monoisotopic (exact) mass is 343 g/mol. The van der Waals surface area contributed by atoms with E-state index in [1.807, 2.05) is 0 Å². The Labute approximate surface area is 131 Å². The molecular weight excluding hydrogens is 333 g/mol. The van der Waals surface area contributed by atoms with Crippen molar-refractivity contribution in [3.05, 3.63) is 58.4 Å². The van der Waals surface area contributed by atoms with E-state index < -0.39 is 26.7 Å². The van der Waals surface area contributed by atoms with Gasteiger partial charge in [0.25, 0.3) is 10.0 Å². The van der Waals surface area contributed by atoms with Gasteiger partial charge in [0, 0.05) is 5.02 Å². The topological polar surface area (TPSA) is 83.5 Å². The van der Waals surface area contributed by atoms with E-state index in [2.05, 4.69) is 4.72 Å². The first-order valence-electron chi connectivity index (χ1n) is 6.02. The molecule has 0 amide bonds. The van der Waals surface area contributed by atoms with E-state index >= 15 is 0 Å². The molecule has 0 unspecified atom stereocenters. The van der Waals surface area contributed by atoms with Crippen molar-refractivity contribution in [1.29, 1.82) is 0 Å². The number of anilines is 1. The number of sulfonamides is 1. The van der Waals surface area contributed by atoms with Gasteiger partial charge in [-0.2, -0.15) is 0 Å². The molecule has 5 nitrogen and oxygen atoms in total. The summed E-state index contributed by atoms with van der Waals surface area (Å²) in [6.07, 6.45) is 0. The summed E-state index contributed by atoms with van der Waals surface area (Å²) < 4.78 is 40.4. The maximum atomic E-state index is 13.8. The van der Waals surface area contributed by atoms with Gasteiger partial charge in [-0.3, -0.25) is 4.72 Å². The van der Waals surface area contributed by atoms with Crippen LogP contribution < -0.4 is 4.72 Å². The zero-order chi connectivity index (χ0) is 16.5. The maximum absolute atomic E-state index is 13.8. The second kappa shape index (κ2) is 5.94. The van der Waals surface area contributed by atoms with E-state index in [1.54, 1.807) is 6.92 Å². The molecule has 0 radical (unpaired) electrons. The summed E-state index contributed by atoms with van der Waals surface area (Å²) >= 11 is 5.59. The molecule has 0 saturated carbocycles. The van der Waals surface area contributed by atoms with Crippen LogP contribution in [0.5, 0.6) is 0 Å². The molecule has 0 fully saturated rings. The van der Waals surface area contributed by atoms with Crippen LogP contribution in [0.2, 0.25) is 5.02 Å². The van der Waals surface area contributed by atoms with E-state index in [0.29, 0.717) is 5.56 Å². The number of rotatable bonds is 4. The molecule has 0 spiro atoms. The maximum Gasteiger partial charge on any atom is 0.335 e. The van der Waals surface area contributed by atoms with Gasteiger partial charge in [-0.15, -0.1) is 0 Å². The van der Waals surface area contributed by atoms with Gasteiger partial charge in [0.2, 0.25) is 0 Å². The minimum Gasteiger partial charge on any atom is -0.478 e. The standard InChI is InChI=1S/C14H11ClFNO4S/c1-8-2-3-9(14(18)19)6-12(8)17-22(20,21)13-5-4-10(15)7-11(13)16/h2-7,17H,1H3,(H,18,19). The van der Waals surface area contributed by atoms with Crippen LogP contribution in [0.25, 0.3) is 0 Å². The second-order valence-corrected chi connectivity index (χ2v) is 6.60. The number of aryl methyl sites for hydroxylation is 1. The molecule has 22 heavy (non-hydrogen) atoms. The van der Waals surface area contributed by atoms with Gasteiger partial charge >= 0.3 is 5.97 Å². The Kier molecular flexibility index (Phi) is 4.39. The van der Waals surface area contributed by atoms with Crippen LogP contribution in [0.15, 0.2) is 41.3 Å². The van der Waals surface area contributed by atoms with Crippen molar-refractivity contribution < 1.29 is 22.7 Å². The Morgan fingerprint density at radius 3 is 2.50 bits per heavy atom. The van der Waals surface area contributed by atoms with E-state index in [4.69, 9.17) is 16.7 Å². The normalized spacial score (nSPS) is 11.2. The average molecular weight is 344 g/mol. The number of nitrogens with one attached hydrogen (secondary N) is 1. The van der Waals surface area contributed by atoms with Gasteiger partial charge in [0.15, 0.2) is 0 Å². The minimum atomic E-state index is -4.20. The third-order valence-corrected chi connectivity index (χ3v) is 4.55. The smallest absolute Gasteiger partial charge is 0.335 e. The lowest BCUT2D eigenvalue weighted by Crippen LogP contribution is -2.15. The number of benzene rings is 2. The van der Waals surface area contributed by atoms with E-state index in [1.165, 1.54) is 24.3 Å². The number of aromatic carboxylic acids is 1. The Morgan fingerprint density at radius 2 is 1.91 bits per heavy atom. The molecule has 2 aromatic rings. The molecule has 0 aromatic heterocycles. The van der Waals surface area contributed by atoms with Crippen LogP contribution in [0.1, 0.15) is 15.9 Å². The molecule has 0 saturated heterocycles. The summed E-state index contributed by atoms with van der Waals surface area (Å²) in [4.78, 5) is 10.4. The zero-order valence-electron chi connectivity index (χ0n) is 11.3. The quantitative estimate of drug-likeness (QED) is 0.892. The summed E-state index contributed by atoms with van der Waals surface area (Å²) in [5.41, 5.74) is 0.483. The second-order valence-electron chi connectivity index (χ2n) is 4.52. The molecule has 116 valence electrons. The summed E-state index contributed by atoms with van der Waals surface area (Å²) in [6, 6.07) is 7.15. The Bertz CT molecular complexity index is 852. The predicted molar refractivity (Wildman–Crippen MR) is 80.4 cm³/mol. The summed E-state index contributed by atoms with van der Waals surface area (Å²) in [6.45, 7) is 1.60. The van der Waals surface area contributed by atoms with E-state index in [9.17, 15) is 17.6 Å². The van der Waals surface area contributed by atoms with Crippen molar-refractivity contribution in [2.24, 2.45) is 0 Å². The van der Waals surface area contributed by atoms with E-state index in [-0.39, 0.29) is 16.3 Å². The highest BCUT2D eigenvalue weighted by Gasteiger charge is 2.20. The minimum absolute atomic E-state index is 0.0641. The Morgan fingerprint density at radius 1 is 1.23 bits per heavy atom. The van der Waals surface area contributed by atoms with Gasteiger partial charge in [0.1, 0.15) is 10.7 Å². The highest BCUT2D eigenvalue weighted by atomic mass is 35.5. The van der Waals surface area contributed by atoms with E-state index in [0.717, 1.165) is 12.1 Å². The van der Waals surface area contributed by atoms with Gasteiger partial charge in [-0.05, 0) is 42.8 Å². The molecule has 0 bridgehead atoms. The van der Waals surface area contributed by atoms with Crippen molar-refractivity contribution >= 4 is 33.3 Å². The number of hydrogen-bond donors (Lipinski definition) is 2. The van der Waals surface area contributed by atoms with Crippen LogP contribution in [0, 0.1) is 12.7 Å². The van der Waals surface area contributed by atoms with Crippen LogP contribution in [0.4, 0.5) is 10.1 Å². The summed E-state index contributed by atoms with van der Waals surface area (Å²) in [5, 5.41) is 9.01. The number of halogens is 2. The first-order valence-corrected chi connectivity index (χ1v) is 7.88. The molecule has 0 heterocycles. The first kappa shape index (κ1) is 16.3. The lowest BCUT2D eigenvalue weighted by atomic mass is 10.1. The fourth-order valence-electron chi connectivity index (χ4n) is 1.76. The number of carbonyl (C=O) groups is 1. The predicted octanol–water partition coefficient (Wildman–Crippen LogP) is 3.29. The molecule has 0 aliphatic carbocycles. The highest BCUT2D eigenvalue weighted by molar-refractivity contribution is 7.92. The van der Waals surface area contributed by atoms with Gasteiger partial charge in [-0.25, -0.2) is 17.6 Å². The molecule has 8 heteroatoms. The highest BCUT2D eigenvalue weighted by Crippen LogP contribution is 2.24. The zero-order valence-corrected chi connectivity index (χ0v) is 12.9. The number of carboxylic acids is 1. The van der Waals surface area contributed by atoms with Crippen molar-refractivity contribution in [1.82, 2.24) is 0 Å².